The second-order valence-electron chi connectivity index (χ2n) is 9.45. The van der Waals surface area contributed by atoms with Gasteiger partial charge in [0.15, 0.2) is 0 Å². The van der Waals surface area contributed by atoms with Crippen molar-refractivity contribution in [1.29, 1.82) is 0 Å². The Morgan fingerprint density at radius 1 is 1.03 bits per heavy atom. The SMILES string of the molecule is CCCOC(=O)[C@H]1C(C(=O)OCC[Si](C)(C)C)C2CC(=O)[C@H]1c1cc(OC)ccc12. The number of esters is 2. The normalized spacial score (nSPS) is 24.9. The molecule has 164 valence electrons. The van der Waals surface area contributed by atoms with Gasteiger partial charge in [0, 0.05) is 20.4 Å². The van der Waals surface area contributed by atoms with Gasteiger partial charge in [-0.15, -0.1) is 0 Å². The lowest BCUT2D eigenvalue weighted by atomic mass is 9.55. The average Bonchev–Trinajstić information content (AvgIpc) is 2.69. The Kier molecular flexibility index (Phi) is 6.70. The molecule has 1 aromatic carbocycles. The summed E-state index contributed by atoms with van der Waals surface area (Å²) in [7, 11) is 0.203. The summed E-state index contributed by atoms with van der Waals surface area (Å²) in [5.41, 5.74) is 1.72. The third-order valence-electron chi connectivity index (χ3n) is 6.07. The van der Waals surface area contributed by atoms with Crippen LogP contribution in [0.15, 0.2) is 18.2 Å². The summed E-state index contributed by atoms with van der Waals surface area (Å²) in [6, 6.07) is 6.42. The van der Waals surface area contributed by atoms with Gasteiger partial charge in [-0.05, 0) is 35.7 Å². The number of ketones is 1. The standard InChI is InChI=1S/C23H32O6Si/c1-6-9-28-23(26)21-19-16-12-14(27-2)7-8-15(16)17(13-18(19)24)20(21)22(25)29-10-11-30(3,4)5/h7-8,12,17,19-21H,6,9-11,13H2,1-5H3/t17?,19-,20?,21-/m1/s1. The highest BCUT2D eigenvalue weighted by Gasteiger charge is 2.57. The molecule has 2 bridgehead atoms. The molecule has 2 unspecified atom stereocenters. The van der Waals surface area contributed by atoms with Crippen LogP contribution in [0.5, 0.6) is 5.75 Å². The van der Waals surface area contributed by atoms with Crippen molar-refractivity contribution in [3.63, 3.8) is 0 Å². The van der Waals surface area contributed by atoms with Crippen LogP contribution in [0.3, 0.4) is 0 Å². The quantitative estimate of drug-likeness (QED) is 0.458. The van der Waals surface area contributed by atoms with E-state index in [1.165, 1.54) is 0 Å². The third-order valence-corrected chi connectivity index (χ3v) is 7.77. The minimum Gasteiger partial charge on any atom is -0.497 e. The van der Waals surface area contributed by atoms with Gasteiger partial charge in [0.2, 0.25) is 0 Å². The lowest BCUT2D eigenvalue weighted by Crippen LogP contribution is -2.50. The first-order chi connectivity index (χ1) is 14.2. The minimum atomic E-state index is -1.36. The number of carbonyl (C=O) groups is 3. The first-order valence-electron chi connectivity index (χ1n) is 10.7. The molecular formula is C23H32O6Si. The van der Waals surface area contributed by atoms with Gasteiger partial charge in [-0.25, -0.2) is 0 Å². The first kappa shape index (κ1) is 22.5. The van der Waals surface area contributed by atoms with Gasteiger partial charge in [0.25, 0.3) is 0 Å². The van der Waals surface area contributed by atoms with Gasteiger partial charge in [-0.1, -0.05) is 32.6 Å². The van der Waals surface area contributed by atoms with E-state index in [0.29, 0.717) is 18.8 Å². The fourth-order valence-corrected chi connectivity index (χ4v) is 5.25. The fraction of sp³-hybridized carbons (Fsp3) is 0.609. The second kappa shape index (κ2) is 8.92. The number of carbonyl (C=O) groups excluding carboxylic acids is 3. The van der Waals surface area contributed by atoms with E-state index in [2.05, 4.69) is 19.6 Å². The maximum Gasteiger partial charge on any atom is 0.310 e. The largest absolute Gasteiger partial charge is 0.497 e. The molecule has 4 atom stereocenters. The van der Waals surface area contributed by atoms with Gasteiger partial charge in [-0.3, -0.25) is 14.4 Å². The zero-order chi connectivity index (χ0) is 22.1. The Hall–Kier alpha value is -2.15. The van der Waals surface area contributed by atoms with Crippen molar-refractivity contribution < 1.29 is 28.6 Å². The molecule has 1 fully saturated rings. The number of hydrogen-bond acceptors (Lipinski definition) is 6. The van der Waals surface area contributed by atoms with Gasteiger partial charge >= 0.3 is 11.9 Å². The maximum absolute atomic E-state index is 13.2. The summed E-state index contributed by atoms with van der Waals surface area (Å²) >= 11 is 0. The van der Waals surface area contributed by atoms with E-state index in [1.54, 1.807) is 7.11 Å². The number of fused-ring (bicyclic) bond motifs is 2. The Morgan fingerprint density at radius 2 is 1.70 bits per heavy atom. The summed E-state index contributed by atoms with van der Waals surface area (Å²) < 4.78 is 16.4. The van der Waals surface area contributed by atoms with Crippen molar-refractivity contribution >= 4 is 25.8 Å². The smallest absolute Gasteiger partial charge is 0.310 e. The zero-order valence-corrected chi connectivity index (χ0v) is 19.5. The van der Waals surface area contributed by atoms with E-state index in [9.17, 15) is 14.4 Å². The summed E-state index contributed by atoms with van der Waals surface area (Å²) in [5.74, 6) is -2.88. The first-order valence-corrected chi connectivity index (χ1v) is 14.4. The van der Waals surface area contributed by atoms with Crippen LogP contribution in [-0.4, -0.2) is 46.1 Å². The molecule has 0 radical (unpaired) electrons. The van der Waals surface area contributed by atoms with Crippen molar-refractivity contribution in [2.45, 2.75) is 57.3 Å². The third kappa shape index (κ3) is 4.46. The Balaban J connectivity index is 1.96. The maximum atomic E-state index is 13.2. The summed E-state index contributed by atoms with van der Waals surface area (Å²) in [6.07, 6.45) is 0.922. The predicted molar refractivity (Wildman–Crippen MR) is 115 cm³/mol. The Bertz CT molecular complexity index is 827. The summed E-state index contributed by atoms with van der Waals surface area (Å²) in [5, 5.41) is 0. The van der Waals surface area contributed by atoms with Crippen molar-refractivity contribution in [3.05, 3.63) is 29.3 Å². The van der Waals surface area contributed by atoms with Crippen LogP contribution in [0.2, 0.25) is 25.7 Å². The highest BCUT2D eigenvalue weighted by atomic mass is 28.3. The number of benzene rings is 1. The number of ether oxygens (including phenoxy) is 3. The molecule has 3 aliphatic carbocycles. The lowest BCUT2D eigenvalue weighted by molar-refractivity contribution is -0.167. The molecule has 7 heteroatoms. The molecule has 0 spiro atoms. The molecule has 0 aliphatic heterocycles. The van der Waals surface area contributed by atoms with E-state index >= 15 is 0 Å². The van der Waals surface area contributed by atoms with Crippen LogP contribution < -0.4 is 4.74 Å². The molecule has 0 amide bonds. The van der Waals surface area contributed by atoms with Crippen LogP contribution in [0, 0.1) is 11.8 Å². The lowest BCUT2D eigenvalue weighted by Gasteiger charge is -2.46. The second-order valence-corrected chi connectivity index (χ2v) is 15.1. The van der Waals surface area contributed by atoms with E-state index in [-0.39, 0.29) is 24.7 Å². The molecule has 30 heavy (non-hydrogen) atoms. The predicted octanol–water partition coefficient (Wildman–Crippen LogP) is 3.92. The average molecular weight is 433 g/mol. The van der Waals surface area contributed by atoms with E-state index in [1.807, 2.05) is 25.1 Å². The molecular weight excluding hydrogens is 400 g/mol. The number of hydrogen-bond donors (Lipinski definition) is 0. The van der Waals surface area contributed by atoms with Gasteiger partial charge in [-0.2, -0.15) is 0 Å². The van der Waals surface area contributed by atoms with Crippen LogP contribution >= 0.6 is 0 Å². The van der Waals surface area contributed by atoms with Crippen LogP contribution in [-0.2, 0) is 23.9 Å². The fourth-order valence-electron chi connectivity index (χ4n) is 4.53. The van der Waals surface area contributed by atoms with Crippen LogP contribution in [0.4, 0.5) is 0 Å². The molecule has 3 aliphatic rings. The number of methoxy groups -OCH3 is 1. The van der Waals surface area contributed by atoms with Crippen LogP contribution in [0.1, 0.15) is 42.7 Å². The zero-order valence-electron chi connectivity index (χ0n) is 18.5. The van der Waals surface area contributed by atoms with Crippen molar-refractivity contribution in [1.82, 2.24) is 0 Å². The Labute approximate surface area is 179 Å². The van der Waals surface area contributed by atoms with E-state index in [4.69, 9.17) is 14.2 Å². The van der Waals surface area contributed by atoms with E-state index < -0.39 is 37.8 Å². The highest BCUT2D eigenvalue weighted by Crippen LogP contribution is 2.55. The van der Waals surface area contributed by atoms with E-state index in [0.717, 1.165) is 17.2 Å². The molecule has 0 N–H and O–H groups in total. The topological polar surface area (TPSA) is 78.9 Å². The van der Waals surface area contributed by atoms with Crippen molar-refractivity contribution in [2.75, 3.05) is 20.3 Å². The number of rotatable bonds is 8. The van der Waals surface area contributed by atoms with Gasteiger partial charge < -0.3 is 14.2 Å². The molecule has 1 aromatic rings. The molecule has 0 aromatic heterocycles. The molecule has 0 heterocycles. The van der Waals surface area contributed by atoms with Crippen molar-refractivity contribution in [2.24, 2.45) is 11.8 Å². The van der Waals surface area contributed by atoms with Crippen LogP contribution in [0.25, 0.3) is 0 Å². The molecule has 0 saturated heterocycles. The molecule has 4 rings (SSSR count). The van der Waals surface area contributed by atoms with Gasteiger partial charge in [0.05, 0.1) is 38.1 Å². The Morgan fingerprint density at radius 3 is 2.33 bits per heavy atom. The van der Waals surface area contributed by atoms with Crippen molar-refractivity contribution in [3.8, 4) is 5.75 Å². The minimum absolute atomic E-state index is 0.0228. The molecule has 6 nitrogen and oxygen atoms in total. The summed E-state index contributed by atoms with van der Waals surface area (Å²) in [6.45, 7) is 9.18. The number of Topliss-reactive ketones (excluding diaryl/α,β-unsaturated/α-hetero) is 1. The highest BCUT2D eigenvalue weighted by molar-refractivity contribution is 6.76. The summed E-state index contributed by atoms with van der Waals surface area (Å²) in [4.78, 5) is 39.1. The monoisotopic (exact) mass is 432 g/mol. The van der Waals surface area contributed by atoms with Gasteiger partial charge in [0.1, 0.15) is 11.5 Å². The molecule has 1 saturated carbocycles.